The fraction of sp³-hybridized carbons (Fsp3) is 0.259. The van der Waals surface area contributed by atoms with E-state index < -0.39 is 0 Å². The van der Waals surface area contributed by atoms with Crippen LogP contribution < -0.4 is 15.5 Å². The highest BCUT2D eigenvalue weighted by Crippen LogP contribution is 2.30. The highest BCUT2D eigenvalue weighted by Gasteiger charge is 2.19. The molecule has 37 heavy (non-hydrogen) atoms. The van der Waals surface area contributed by atoms with Gasteiger partial charge in [0.1, 0.15) is 11.5 Å². The van der Waals surface area contributed by atoms with E-state index in [1.165, 1.54) is 0 Å². The maximum absolute atomic E-state index is 9.15. The molecule has 0 spiro atoms. The first-order chi connectivity index (χ1) is 18.1. The van der Waals surface area contributed by atoms with Crippen molar-refractivity contribution in [3.05, 3.63) is 83.9 Å². The van der Waals surface area contributed by atoms with Crippen LogP contribution in [0.1, 0.15) is 12.6 Å². The Morgan fingerprint density at radius 2 is 1.97 bits per heavy atom. The van der Waals surface area contributed by atoms with Crippen LogP contribution in [0.25, 0.3) is 5.70 Å². The van der Waals surface area contributed by atoms with Gasteiger partial charge < -0.3 is 20.6 Å². The number of halogens is 1. The van der Waals surface area contributed by atoms with E-state index in [9.17, 15) is 0 Å². The zero-order valence-electron chi connectivity index (χ0n) is 20.8. The molecule has 2 aromatic heterocycles. The molecule has 9 nitrogen and oxygen atoms in total. The van der Waals surface area contributed by atoms with E-state index in [2.05, 4.69) is 47.0 Å². The molecule has 192 valence electrons. The monoisotopic (exact) mass is 518 g/mol. The number of β-amino-alcohol motifs (C(OH)–C–C–N with tert-alkyl or cyclic N) is 1. The van der Waals surface area contributed by atoms with Gasteiger partial charge in [0.05, 0.1) is 23.0 Å². The number of benzene rings is 1. The number of pyridine rings is 1. The molecule has 0 saturated carbocycles. The van der Waals surface area contributed by atoms with Crippen molar-refractivity contribution in [2.45, 2.75) is 6.92 Å². The number of piperazine rings is 1. The minimum Gasteiger partial charge on any atom is -0.395 e. The zero-order valence-corrected chi connectivity index (χ0v) is 21.6. The normalized spacial score (nSPS) is 14.9. The van der Waals surface area contributed by atoms with E-state index in [0.717, 1.165) is 48.9 Å². The van der Waals surface area contributed by atoms with Gasteiger partial charge in [-0.25, -0.2) is 4.98 Å². The number of aromatic nitrogens is 3. The number of nitrogens with one attached hydrogen (secondary N) is 2. The Morgan fingerprint density at radius 1 is 1.14 bits per heavy atom. The Bertz CT molecular complexity index is 1260. The number of allylic oxidation sites excluding steroid dienone is 2. The molecule has 0 aliphatic carbocycles. The van der Waals surface area contributed by atoms with Crippen molar-refractivity contribution < 1.29 is 5.11 Å². The molecule has 1 saturated heterocycles. The zero-order chi connectivity index (χ0) is 26.0. The van der Waals surface area contributed by atoms with Crippen molar-refractivity contribution >= 4 is 46.7 Å². The standard InChI is InChI=1S/C27H31ClN8O/c1-3-10-30-26(23-6-4-5-11-29-23)20(2)32-25-9-12-31-27(34-25)33-21-7-8-24(22(28)19-21)36-15-13-35(14-16-36)17-18-37/h3-12,19,37H,1,13-18H2,2H3,(H2,31,32,33,34)/b26-20+,30-10-. The van der Waals surface area contributed by atoms with Gasteiger partial charge in [0.15, 0.2) is 0 Å². The van der Waals surface area contributed by atoms with Gasteiger partial charge in [0.25, 0.3) is 0 Å². The molecule has 3 aromatic rings. The number of aliphatic hydroxyl groups is 1. The lowest BCUT2D eigenvalue weighted by Gasteiger charge is -2.36. The highest BCUT2D eigenvalue weighted by molar-refractivity contribution is 6.33. The van der Waals surface area contributed by atoms with Crippen molar-refractivity contribution in [3.63, 3.8) is 0 Å². The predicted octanol–water partition coefficient (Wildman–Crippen LogP) is 4.44. The fourth-order valence-electron chi connectivity index (χ4n) is 4.05. The van der Waals surface area contributed by atoms with Gasteiger partial charge in [-0.05, 0) is 43.3 Å². The second-order valence-electron chi connectivity index (χ2n) is 8.44. The molecule has 4 rings (SSSR count). The molecule has 0 bridgehead atoms. The molecule has 0 atom stereocenters. The lowest BCUT2D eigenvalue weighted by Crippen LogP contribution is -2.47. The lowest BCUT2D eigenvalue weighted by atomic mass is 10.2. The second-order valence-corrected chi connectivity index (χ2v) is 8.84. The molecule has 1 aromatic carbocycles. The first-order valence-corrected chi connectivity index (χ1v) is 12.5. The maximum atomic E-state index is 9.15. The van der Waals surface area contributed by atoms with Crippen molar-refractivity contribution in [1.82, 2.24) is 19.9 Å². The topological polar surface area (TPSA) is 102 Å². The van der Waals surface area contributed by atoms with Gasteiger partial charge in [-0.2, -0.15) is 4.98 Å². The molecule has 10 heteroatoms. The SMILES string of the molecule is C=C/C=N\C(=C(/C)Nc1ccnc(Nc2ccc(N3CCN(CCO)CC3)c(Cl)c2)n1)c1ccccn1. The summed E-state index contributed by atoms with van der Waals surface area (Å²) in [5.41, 5.74) is 4.00. The summed E-state index contributed by atoms with van der Waals surface area (Å²) in [7, 11) is 0. The Morgan fingerprint density at radius 3 is 2.68 bits per heavy atom. The average Bonchev–Trinajstić information content (AvgIpc) is 2.91. The van der Waals surface area contributed by atoms with E-state index in [1.807, 2.05) is 43.3 Å². The summed E-state index contributed by atoms with van der Waals surface area (Å²) >= 11 is 6.64. The molecule has 1 aliphatic rings. The number of hydrogen-bond donors (Lipinski definition) is 3. The van der Waals surface area contributed by atoms with E-state index in [-0.39, 0.29) is 6.61 Å². The van der Waals surface area contributed by atoms with Crippen LogP contribution in [0.2, 0.25) is 5.02 Å². The molecule has 1 aliphatic heterocycles. The van der Waals surface area contributed by atoms with Gasteiger partial charge in [-0.3, -0.25) is 14.9 Å². The van der Waals surface area contributed by atoms with E-state index in [0.29, 0.717) is 29.0 Å². The number of aliphatic imine (C=N–C) groups is 1. The van der Waals surface area contributed by atoms with Crippen LogP contribution in [0, 0.1) is 0 Å². The molecule has 0 radical (unpaired) electrons. The third kappa shape index (κ3) is 7.13. The third-order valence-corrected chi connectivity index (χ3v) is 6.18. The van der Waals surface area contributed by atoms with Gasteiger partial charge in [-0.15, -0.1) is 0 Å². The van der Waals surface area contributed by atoms with Crippen molar-refractivity contribution in [1.29, 1.82) is 0 Å². The molecule has 1 fully saturated rings. The highest BCUT2D eigenvalue weighted by atomic mass is 35.5. The Kier molecular flexibility index (Phi) is 9.20. The molecule has 0 amide bonds. The molecular weight excluding hydrogens is 488 g/mol. The van der Waals surface area contributed by atoms with Crippen LogP contribution in [-0.2, 0) is 0 Å². The van der Waals surface area contributed by atoms with Gasteiger partial charge >= 0.3 is 0 Å². The number of anilines is 4. The summed E-state index contributed by atoms with van der Waals surface area (Å²) < 4.78 is 0. The summed E-state index contributed by atoms with van der Waals surface area (Å²) in [5.74, 6) is 1.05. The maximum Gasteiger partial charge on any atom is 0.229 e. The Balaban J connectivity index is 1.46. The largest absolute Gasteiger partial charge is 0.395 e. The summed E-state index contributed by atoms with van der Waals surface area (Å²) in [6, 6.07) is 13.3. The first-order valence-electron chi connectivity index (χ1n) is 12.1. The quantitative estimate of drug-likeness (QED) is 0.339. The Hall–Kier alpha value is -3.79. The minimum atomic E-state index is 0.185. The molecular formula is C27H31ClN8O. The Labute approximate surface area is 222 Å². The third-order valence-electron chi connectivity index (χ3n) is 5.88. The minimum absolute atomic E-state index is 0.185. The van der Waals surface area contributed by atoms with Crippen LogP contribution in [0.15, 0.2) is 78.2 Å². The van der Waals surface area contributed by atoms with Crippen LogP contribution in [0.3, 0.4) is 0 Å². The predicted molar refractivity (Wildman–Crippen MR) is 152 cm³/mol. The number of rotatable bonds is 10. The van der Waals surface area contributed by atoms with Crippen molar-refractivity contribution in [3.8, 4) is 0 Å². The number of hydrogen-bond acceptors (Lipinski definition) is 9. The van der Waals surface area contributed by atoms with Crippen LogP contribution in [-0.4, -0.2) is 70.5 Å². The fourth-order valence-corrected chi connectivity index (χ4v) is 4.35. The number of nitrogens with zero attached hydrogens (tertiary/aromatic N) is 6. The lowest BCUT2D eigenvalue weighted by molar-refractivity contribution is 0.189. The van der Waals surface area contributed by atoms with Gasteiger partial charge in [0.2, 0.25) is 5.95 Å². The summed E-state index contributed by atoms with van der Waals surface area (Å²) in [6.45, 7) is 10.1. The van der Waals surface area contributed by atoms with Crippen LogP contribution in [0.4, 0.5) is 23.1 Å². The molecule has 3 heterocycles. The average molecular weight is 519 g/mol. The summed E-state index contributed by atoms with van der Waals surface area (Å²) in [4.78, 5) is 22.4. The summed E-state index contributed by atoms with van der Waals surface area (Å²) in [5, 5.41) is 16.3. The molecule has 0 unspecified atom stereocenters. The molecule has 3 N–H and O–H groups in total. The van der Waals surface area contributed by atoms with Crippen LogP contribution in [0.5, 0.6) is 0 Å². The van der Waals surface area contributed by atoms with Gasteiger partial charge in [0, 0.05) is 62.7 Å². The van der Waals surface area contributed by atoms with E-state index in [1.54, 1.807) is 30.8 Å². The second kappa shape index (κ2) is 13.0. The summed E-state index contributed by atoms with van der Waals surface area (Å²) in [6.07, 6.45) is 6.66. The first kappa shape index (κ1) is 26.3. The van der Waals surface area contributed by atoms with E-state index in [4.69, 9.17) is 16.7 Å². The van der Waals surface area contributed by atoms with Crippen molar-refractivity contribution in [2.75, 3.05) is 54.9 Å². The van der Waals surface area contributed by atoms with Crippen LogP contribution >= 0.6 is 11.6 Å². The van der Waals surface area contributed by atoms with Gasteiger partial charge in [-0.1, -0.05) is 30.3 Å². The van der Waals surface area contributed by atoms with E-state index >= 15 is 0 Å². The number of aliphatic hydroxyl groups excluding tert-OH is 1. The van der Waals surface area contributed by atoms with Crippen molar-refractivity contribution in [2.24, 2.45) is 4.99 Å². The smallest absolute Gasteiger partial charge is 0.229 e.